The summed E-state index contributed by atoms with van der Waals surface area (Å²) in [5.41, 5.74) is 0. The molecule has 2 amide bonds. The summed E-state index contributed by atoms with van der Waals surface area (Å²) in [7, 11) is 0. The fraction of sp³-hybridized carbons (Fsp3) is 0.421. The molecule has 2 aromatic rings. The monoisotopic (exact) mass is 372 g/mol. The van der Waals surface area contributed by atoms with E-state index in [4.69, 9.17) is 0 Å². The van der Waals surface area contributed by atoms with Gasteiger partial charge in [-0.1, -0.05) is 26.0 Å². The average molecular weight is 372 g/mol. The Hall–Kier alpha value is -2.41. The lowest BCUT2D eigenvalue weighted by Gasteiger charge is -2.37. The highest BCUT2D eigenvalue weighted by molar-refractivity contribution is 7.12. The predicted molar refractivity (Wildman–Crippen MR) is 103 cm³/mol. The Morgan fingerprint density at radius 3 is 2.46 bits per heavy atom. The van der Waals surface area contributed by atoms with Crippen LogP contribution in [0.15, 0.2) is 41.9 Å². The first-order valence-corrected chi connectivity index (χ1v) is 9.73. The van der Waals surface area contributed by atoms with Crippen molar-refractivity contribution in [2.24, 2.45) is 5.92 Å². The van der Waals surface area contributed by atoms with Crippen molar-refractivity contribution in [3.63, 3.8) is 0 Å². The molecule has 0 radical (unpaired) electrons. The van der Waals surface area contributed by atoms with Gasteiger partial charge >= 0.3 is 0 Å². The highest BCUT2D eigenvalue weighted by Crippen LogP contribution is 2.16. The van der Waals surface area contributed by atoms with Crippen LogP contribution in [0.4, 0.5) is 5.82 Å². The number of hydrogen-bond acceptors (Lipinski definition) is 5. The molecule has 0 saturated carbocycles. The largest absolute Gasteiger partial charge is 0.353 e. The lowest BCUT2D eigenvalue weighted by atomic mass is 10.0. The molecule has 6 nitrogen and oxygen atoms in total. The van der Waals surface area contributed by atoms with E-state index >= 15 is 0 Å². The van der Waals surface area contributed by atoms with Crippen LogP contribution in [0.1, 0.15) is 23.5 Å². The Morgan fingerprint density at radius 2 is 1.88 bits per heavy atom. The third-order valence-electron chi connectivity index (χ3n) is 4.53. The molecular weight excluding hydrogens is 348 g/mol. The Morgan fingerprint density at radius 1 is 1.12 bits per heavy atom. The Labute approximate surface area is 157 Å². The van der Waals surface area contributed by atoms with Crippen molar-refractivity contribution in [2.45, 2.75) is 19.9 Å². The van der Waals surface area contributed by atoms with Gasteiger partial charge in [0.25, 0.3) is 5.91 Å². The molecular formula is C19H24N4O2S. The van der Waals surface area contributed by atoms with Gasteiger partial charge in [-0.15, -0.1) is 11.3 Å². The van der Waals surface area contributed by atoms with E-state index in [-0.39, 0.29) is 17.7 Å². The zero-order valence-corrected chi connectivity index (χ0v) is 15.9. The van der Waals surface area contributed by atoms with Crippen LogP contribution in [0.5, 0.6) is 0 Å². The number of hydrogen-bond donors (Lipinski definition) is 1. The predicted octanol–water partition coefficient (Wildman–Crippen LogP) is 2.25. The summed E-state index contributed by atoms with van der Waals surface area (Å²) in [6.45, 7) is 6.67. The van der Waals surface area contributed by atoms with Crippen LogP contribution in [0.3, 0.4) is 0 Å². The van der Waals surface area contributed by atoms with Crippen LogP contribution in [-0.2, 0) is 4.79 Å². The van der Waals surface area contributed by atoms with Gasteiger partial charge in [0, 0.05) is 32.4 Å². The van der Waals surface area contributed by atoms with Crippen molar-refractivity contribution in [3.05, 3.63) is 46.8 Å². The third kappa shape index (κ3) is 4.22. The average Bonchev–Trinajstić information content (AvgIpc) is 3.21. The molecule has 0 aliphatic carbocycles. The fourth-order valence-electron chi connectivity index (χ4n) is 3.03. The number of carbonyl (C=O) groups excluding carboxylic acids is 2. The van der Waals surface area contributed by atoms with Gasteiger partial charge in [-0.2, -0.15) is 0 Å². The van der Waals surface area contributed by atoms with Crippen LogP contribution in [0, 0.1) is 5.92 Å². The normalized spacial score (nSPS) is 15.8. The van der Waals surface area contributed by atoms with Gasteiger partial charge in [-0.3, -0.25) is 9.59 Å². The maximum Gasteiger partial charge on any atom is 0.262 e. The topological polar surface area (TPSA) is 65.5 Å². The molecule has 2 aromatic heterocycles. The van der Waals surface area contributed by atoms with E-state index < -0.39 is 6.04 Å². The Bertz CT molecular complexity index is 725. The molecule has 1 fully saturated rings. The van der Waals surface area contributed by atoms with Gasteiger partial charge in [-0.25, -0.2) is 4.98 Å². The van der Waals surface area contributed by atoms with Crippen molar-refractivity contribution in [1.29, 1.82) is 0 Å². The van der Waals surface area contributed by atoms with E-state index in [0.717, 1.165) is 18.9 Å². The molecule has 1 unspecified atom stereocenters. The maximum absolute atomic E-state index is 13.0. The SMILES string of the molecule is CC(C)C(NC(=O)c1cccs1)C(=O)N1CCN(c2ccccn2)CC1. The highest BCUT2D eigenvalue weighted by atomic mass is 32.1. The molecule has 138 valence electrons. The van der Waals surface area contributed by atoms with Crippen molar-refractivity contribution < 1.29 is 9.59 Å². The van der Waals surface area contributed by atoms with Crippen molar-refractivity contribution in [2.75, 3.05) is 31.1 Å². The summed E-state index contributed by atoms with van der Waals surface area (Å²) in [4.78, 5) is 34.3. The molecule has 1 N–H and O–H groups in total. The summed E-state index contributed by atoms with van der Waals surface area (Å²) < 4.78 is 0. The van der Waals surface area contributed by atoms with E-state index in [0.29, 0.717) is 18.0 Å². The van der Waals surface area contributed by atoms with Crippen molar-refractivity contribution in [3.8, 4) is 0 Å². The highest BCUT2D eigenvalue weighted by Gasteiger charge is 2.31. The number of rotatable bonds is 5. The molecule has 3 heterocycles. The first-order chi connectivity index (χ1) is 12.6. The lowest BCUT2D eigenvalue weighted by Crippen LogP contribution is -2.56. The second kappa shape index (κ2) is 8.31. The number of nitrogens with zero attached hydrogens (tertiary/aromatic N) is 3. The molecule has 0 spiro atoms. The first-order valence-electron chi connectivity index (χ1n) is 8.85. The van der Waals surface area contributed by atoms with E-state index in [1.54, 1.807) is 12.3 Å². The van der Waals surface area contributed by atoms with Gasteiger partial charge < -0.3 is 15.1 Å². The number of carbonyl (C=O) groups is 2. The summed E-state index contributed by atoms with van der Waals surface area (Å²) in [5, 5.41) is 4.77. The smallest absolute Gasteiger partial charge is 0.262 e. The van der Waals surface area contributed by atoms with Crippen LogP contribution in [0.25, 0.3) is 0 Å². The standard InChI is InChI=1S/C19H24N4O2S/c1-14(2)17(21-18(24)15-6-5-13-26-15)19(25)23-11-9-22(10-12-23)16-7-3-4-8-20-16/h3-8,13-14,17H,9-12H2,1-2H3,(H,21,24). The summed E-state index contributed by atoms with van der Waals surface area (Å²) in [5.74, 6) is 0.774. The minimum atomic E-state index is -0.508. The Balaban J connectivity index is 1.60. The van der Waals surface area contributed by atoms with E-state index in [1.807, 2.05) is 48.4 Å². The second-order valence-corrected chi connectivity index (χ2v) is 7.62. The number of pyridine rings is 1. The maximum atomic E-state index is 13.0. The van der Waals surface area contributed by atoms with Crippen LogP contribution < -0.4 is 10.2 Å². The number of piperazine rings is 1. The zero-order chi connectivity index (χ0) is 18.5. The molecule has 1 atom stereocenters. The summed E-state index contributed by atoms with van der Waals surface area (Å²) in [6, 6.07) is 8.94. The van der Waals surface area contributed by atoms with Crippen LogP contribution in [0.2, 0.25) is 0 Å². The van der Waals surface area contributed by atoms with Gasteiger partial charge in [0.15, 0.2) is 0 Å². The molecule has 26 heavy (non-hydrogen) atoms. The van der Waals surface area contributed by atoms with Crippen LogP contribution >= 0.6 is 11.3 Å². The van der Waals surface area contributed by atoms with Gasteiger partial charge in [0.2, 0.25) is 5.91 Å². The first kappa shape index (κ1) is 18.4. The molecule has 1 aliphatic rings. The van der Waals surface area contributed by atoms with Crippen LogP contribution in [-0.4, -0.2) is 53.9 Å². The quantitative estimate of drug-likeness (QED) is 0.874. The molecule has 1 aliphatic heterocycles. The number of anilines is 1. The fourth-order valence-corrected chi connectivity index (χ4v) is 3.65. The van der Waals surface area contributed by atoms with Gasteiger partial charge in [0.1, 0.15) is 11.9 Å². The zero-order valence-electron chi connectivity index (χ0n) is 15.1. The summed E-state index contributed by atoms with van der Waals surface area (Å²) in [6.07, 6.45) is 1.78. The van der Waals surface area contributed by atoms with Gasteiger partial charge in [-0.05, 0) is 29.5 Å². The number of nitrogens with one attached hydrogen (secondary N) is 1. The molecule has 7 heteroatoms. The number of thiophene rings is 1. The number of amides is 2. The lowest BCUT2D eigenvalue weighted by molar-refractivity contribution is -0.134. The molecule has 0 aromatic carbocycles. The second-order valence-electron chi connectivity index (χ2n) is 6.67. The minimum Gasteiger partial charge on any atom is -0.353 e. The van der Waals surface area contributed by atoms with Crippen molar-refractivity contribution >= 4 is 29.0 Å². The van der Waals surface area contributed by atoms with E-state index in [1.165, 1.54) is 11.3 Å². The number of aromatic nitrogens is 1. The minimum absolute atomic E-state index is 0.00873. The molecule has 1 saturated heterocycles. The Kier molecular flexibility index (Phi) is 5.88. The van der Waals surface area contributed by atoms with Crippen molar-refractivity contribution in [1.82, 2.24) is 15.2 Å². The van der Waals surface area contributed by atoms with E-state index in [9.17, 15) is 9.59 Å². The van der Waals surface area contributed by atoms with E-state index in [2.05, 4.69) is 15.2 Å². The third-order valence-corrected chi connectivity index (χ3v) is 5.40. The summed E-state index contributed by atoms with van der Waals surface area (Å²) >= 11 is 1.38. The molecule has 3 rings (SSSR count). The molecule has 0 bridgehead atoms. The van der Waals surface area contributed by atoms with Gasteiger partial charge in [0.05, 0.1) is 4.88 Å².